The monoisotopic (exact) mass is 491 g/mol. The second kappa shape index (κ2) is 9.75. The number of pyridine rings is 1. The topological polar surface area (TPSA) is 127 Å². The highest BCUT2D eigenvalue weighted by molar-refractivity contribution is 6.01. The van der Waals surface area contributed by atoms with Crippen molar-refractivity contribution in [1.82, 2.24) is 30.3 Å². The second-order valence-corrected chi connectivity index (χ2v) is 9.81. The van der Waals surface area contributed by atoms with Crippen LogP contribution in [0.1, 0.15) is 54.5 Å². The highest BCUT2D eigenvalue weighted by Crippen LogP contribution is 2.51. The molecule has 1 atom stereocenters. The van der Waals surface area contributed by atoms with E-state index in [9.17, 15) is 9.59 Å². The highest BCUT2D eigenvalue weighted by atomic mass is 16.5. The van der Waals surface area contributed by atoms with Gasteiger partial charge in [0.05, 0.1) is 12.8 Å². The number of aromatic nitrogens is 5. The number of nitrogens with one attached hydrogen (secondary N) is 3. The molecule has 0 radical (unpaired) electrons. The highest BCUT2D eigenvalue weighted by Gasteiger charge is 2.48. The molecule has 36 heavy (non-hydrogen) atoms. The van der Waals surface area contributed by atoms with E-state index in [1.807, 2.05) is 26.8 Å². The molecule has 0 aliphatic heterocycles. The summed E-state index contributed by atoms with van der Waals surface area (Å²) in [6.45, 7) is 6.38. The lowest BCUT2D eigenvalue weighted by molar-refractivity contribution is -0.119. The second-order valence-electron chi connectivity index (χ2n) is 9.81. The number of anilines is 1. The third-order valence-electron chi connectivity index (χ3n) is 7.27. The molecule has 0 saturated heterocycles. The minimum Gasteiger partial charge on any atom is -0.493 e. The van der Waals surface area contributed by atoms with E-state index in [0.717, 1.165) is 48.2 Å². The molecule has 0 spiro atoms. The van der Waals surface area contributed by atoms with E-state index in [2.05, 4.69) is 30.9 Å². The van der Waals surface area contributed by atoms with Crippen molar-refractivity contribution in [2.45, 2.75) is 59.0 Å². The Morgan fingerprint density at radius 1 is 1.22 bits per heavy atom. The van der Waals surface area contributed by atoms with Gasteiger partial charge in [0.15, 0.2) is 11.6 Å². The van der Waals surface area contributed by atoms with Gasteiger partial charge in [-0.15, -0.1) is 0 Å². The molecule has 3 N–H and O–H groups in total. The van der Waals surface area contributed by atoms with Crippen molar-refractivity contribution in [1.29, 1.82) is 0 Å². The fraction of sp³-hybridized carbons (Fsp3) is 0.500. The van der Waals surface area contributed by atoms with E-state index in [1.54, 1.807) is 30.3 Å². The summed E-state index contributed by atoms with van der Waals surface area (Å²) >= 11 is 0. The minimum absolute atomic E-state index is 0.105. The molecule has 3 heterocycles. The van der Waals surface area contributed by atoms with Gasteiger partial charge in [-0.1, -0.05) is 0 Å². The number of aromatic amines is 1. The molecule has 2 amide bonds. The predicted molar refractivity (Wildman–Crippen MR) is 135 cm³/mol. The standard InChI is InChI=1S/C26H33N7O3/c1-5-33-19(10-11-28-33)25(34)29-23(22(16-6-7-16)17-8-9-17)26(35)30-24-20(36-4)12-18(13-27-24)21-14(2)31-32-15(21)3/h10-13,16-17,22-23H,5-9H2,1-4H3,(H,29,34)(H,31,32)(H,27,30,35). The van der Waals surface area contributed by atoms with Crippen LogP contribution in [-0.4, -0.2) is 49.9 Å². The van der Waals surface area contributed by atoms with Gasteiger partial charge in [-0.05, 0) is 76.3 Å². The molecule has 3 aromatic heterocycles. The predicted octanol–water partition coefficient (Wildman–Crippen LogP) is 3.49. The van der Waals surface area contributed by atoms with Crippen molar-refractivity contribution < 1.29 is 14.3 Å². The number of carbonyl (C=O) groups is 2. The molecule has 190 valence electrons. The number of hydrogen-bond donors (Lipinski definition) is 3. The Balaban J connectivity index is 1.41. The summed E-state index contributed by atoms with van der Waals surface area (Å²) in [4.78, 5) is 31.4. The van der Waals surface area contributed by atoms with Gasteiger partial charge in [-0.25, -0.2) is 4.98 Å². The SMILES string of the molecule is CCn1nccc1C(=O)NC(C(=O)Nc1ncc(-c2c(C)n[nH]c2C)cc1OC)C(C1CC1)C1CC1. The first kappa shape index (κ1) is 24.0. The Bertz CT molecular complexity index is 1240. The molecule has 3 aromatic rings. The van der Waals surface area contributed by atoms with Crippen LogP contribution in [0.5, 0.6) is 5.75 Å². The Morgan fingerprint density at radius 3 is 2.53 bits per heavy atom. The zero-order chi connectivity index (χ0) is 25.4. The van der Waals surface area contributed by atoms with Gasteiger partial charge in [-0.3, -0.25) is 19.4 Å². The molecule has 5 rings (SSSR count). The molecule has 10 nitrogen and oxygen atoms in total. The number of H-pyrrole nitrogens is 1. The number of hydrogen-bond acceptors (Lipinski definition) is 6. The average molecular weight is 492 g/mol. The fourth-order valence-corrected chi connectivity index (χ4v) is 5.22. The molecule has 2 aliphatic rings. The van der Waals surface area contributed by atoms with E-state index in [-0.39, 0.29) is 17.7 Å². The van der Waals surface area contributed by atoms with Crippen molar-refractivity contribution >= 4 is 17.6 Å². The van der Waals surface area contributed by atoms with Crippen LogP contribution >= 0.6 is 0 Å². The van der Waals surface area contributed by atoms with Gasteiger partial charge in [0.1, 0.15) is 11.7 Å². The third-order valence-corrected chi connectivity index (χ3v) is 7.27. The van der Waals surface area contributed by atoms with Crippen LogP contribution in [0.25, 0.3) is 11.1 Å². The zero-order valence-electron chi connectivity index (χ0n) is 21.2. The van der Waals surface area contributed by atoms with Gasteiger partial charge < -0.3 is 15.4 Å². The largest absolute Gasteiger partial charge is 0.493 e. The summed E-state index contributed by atoms with van der Waals surface area (Å²) in [6.07, 6.45) is 7.67. The lowest BCUT2D eigenvalue weighted by Crippen LogP contribution is -2.50. The van der Waals surface area contributed by atoms with Gasteiger partial charge in [-0.2, -0.15) is 10.2 Å². The van der Waals surface area contributed by atoms with Crippen LogP contribution in [0.4, 0.5) is 5.82 Å². The van der Waals surface area contributed by atoms with E-state index in [4.69, 9.17) is 4.74 Å². The first-order valence-electron chi connectivity index (χ1n) is 12.6. The molecular formula is C26H33N7O3. The molecule has 2 fully saturated rings. The smallest absolute Gasteiger partial charge is 0.270 e. The maximum atomic E-state index is 13.7. The number of amides is 2. The summed E-state index contributed by atoms with van der Waals surface area (Å²) in [7, 11) is 1.55. The number of rotatable bonds is 10. The Hall–Kier alpha value is -3.69. The number of nitrogens with zero attached hydrogens (tertiary/aromatic N) is 4. The molecule has 10 heteroatoms. The third kappa shape index (κ3) is 4.72. The van der Waals surface area contributed by atoms with Gasteiger partial charge in [0.2, 0.25) is 5.91 Å². The zero-order valence-corrected chi connectivity index (χ0v) is 21.2. The fourth-order valence-electron chi connectivity index (χ4n) is 5.22. The van der Waals surface area contributed by atoms with Crippen molar-refractivity contribution in [3.8, 4) is 16.9 Å². The summed E-state index contributed by atoms with van der Waals surface area (Å²) in [6, 6.07) is 2.86. The molecule has 2 aliphatic carbocycles. The quantitative estimate of drug-likeness (QED) is 0.398. The summed E-state index contributed by atoms with van der Waals surface area (Å²) < 4.78 is 7.22. The summed E-state index contributed by atoms with van der Waals surface area (Å²) in [5.74, 6) is 1.22. The van der Waals surface area contributed by atoms with E-state index < -0.39 is 6.04 Å². The number of methoxy groups -OCH3 is 1. The van der Waals surface area contributed by atoms with Crippen LogP contribution in [-0.2, 0) is 11.3 Å². The van der Waals surface area contributed by atoms with Crippen molar-refractivity contribution in [3.63, 3.8) is 0 Å². The lowest BCUT2D eigenvalue weighted by atomic mass is 9.88. The molecule has 0 bridgehead atoms. The van der Waals surface area contributed by atoms with E-state index in [1.165, 1.54) is 0 Å². The Kier molecular flexibility index (Phi) is 6.51. The van der Waals surface area contributed by atoms with Gasteiger partial charge in [0, 0.05) is 35.8 Å². The lowest BCUT2D eigenvalue weighted by Gasteiger charge is -2.27. The normalized spacial score (nSPS) is 16.1. The number of aryl methyl sites for hydroxylation is 3. The molecular weight excluding hydrogens is 458 g/mol. The Morgan fingerprint density at radius 2 is 1.94 bits per heavy atom. The van der Waals surface area contributed by atoms with Crippen molar-refractivity contribution in [2.75, 3.05) is 12.4 Å². The van der Waals surface area contributed by atoms with Gasteiger partial charge in [0.25, 0.3) is 5.91 Å². The number of ether oxygens (including phenoxy) is 1. The maximum absolute atomic E-state index is 13.7. The number of carbonyl (C=O) groups excluding carboxylic acids is 2. The maximum Gasteiger partial charge on any atom is 0.270 e. The first-order chi connectivity index (χ1) is 17.4. The van der Waals surface area contributed by atoms with Crippen molar-refractivity contribution in [2.24, 2.45) is 17.8 Å². The van der Waals surface area contributed by atoms with E-state index >= 15 is 0 Å². The summed E-state index contributed by atoms with van der Waals surface area (Å²) in [5.41, 5.74) is 4.04. The molecule has 1 unspecified atom stereocenters. The minimum atomic E-state index is -0.665. The molecule has 2 saturated carbocycles. The average Bonchev–Trinajstić information content (AvgIpc) is 3.81. The van der Waals surface area contributed by atoms with Crippen LogP contribution in [0.2, 0.25) is 0 Å². The molecule has 0 aromatic carbocycles. The summed E-state index contributed by atoms with van der Waals surface area (Å²) in [5, 5.41) is 17.4. The van der Waals surface area contributed by atoms with E-state index in [0.29, 0.717) is 35.6 Å². The van der Waals surface area contributed by atoms with Crippen LogP contribution in [0, 0.1) is 31.6 Å². The Labute approximate surface area is 210 Å². The van der Waals surface area contributed by atoms with Crippen LogP contribution in [0.15, 0.2) is 24.5 Å². The first-order valence-corrected chi connectivity index (χ1v) is 12.6. The van der Waals surface area contributed by atoms with Gasteiger partial charge >= 0.3 is 0 Å². The van der Waals surface area contributed by atoms with Crippen LogP contribution in [0.3, 0.4) is 0 Å². The van der Waals surface area contributed by atoms with Crippen molar-refractivity contribution in [3.05, 3.63) is 41.6 Å². The van der Waals surface area contributed by atoms with Crippen LogP contribution < -0.4 is 15.4 Å².